The number of nitrogens with one attached hydrogen (secondary N) is 1. The summed E-state index contributed by atoms with van der Waals surface area (Å²) in [5.74, 6) is -2.01. The van der Waals surface area contributed by atoms with Crippen LogP contribution in [0.1, 0.15) is 34.1 Å². The summed E-state index contributed by atoms with van der Waals surface area (Å²) in [5, 5.41) is 20.8. The number of hydrogen-bond acceptors (Lipinski definition) is 6. The highest BCUT2D eigenvalue weighted by Gasteiger charge is 2.41. The third-order valence-corrected chi connectivity index (χ3v) is 4.59. The van der Waals surface area contributed by atoms with Gasteiger partial charge < -0.3 is 15.5 Å². The van der Waals surface area contributed by atoms with E-state index in [0.29, 0.717) is 0 Å². The number of aliphatic hydroxyl groups is 1. The van der Waals surface area contributed by atoms with Gasteiger partial charge in [0.05, 0.1) is 11.9 Å². The molecule has 0 aromatic rings. The molecule has 8 nitrogen and oxygen atoms in total. The fourth-order valence-corrected chi connectivity index (χ4v) is 2.73. The van der Waals surface area contributed by atoms with E-state index in [9.17, 15) is 23.1 Å². The van der Waals surface area contributed by atoms with Crippen LogP contribution in [0.5, 0.6) is 0 Å². The molecule has 21 heavy (non-hydrogen) atoms. The largest absolute Gasteiger partial charge is 0.479 e. The first kappa shape index (κ1) is 19.8. The van der Waals surface area contributed by atoms with Gasteiger partial charge in [-0.15, -0.1) is 0 Å². The van der Waals surface area contributed by atoms with E-state index >= 15 is 0 Å². The molecular formula is C12H23NO7S. The van der Waals surface area contributed by atoms with E-state index in [4.69, 9.17) is 9.29 Å². The van der Waals surface area contributed by atoms with Gasteiger partial charge in [-0.3, -0.25) is 8.98 Å². The van der Waals surface area contributed by atoms with Gasteiger partial charge in [-0.25, -0.2) is 4.79 Å². The van der Waals surface area contributed by atoms with Crippen LogP contribution in [-0.2, 0) is 23.9 Å². The Kier molecular flexibility index (Phi) is 7.28. The highest BCUT2D eigenvalue weighted by atomic mass is 32.2. The lowest BCUT2D eigenvalue weighted by atomic mass is 9.81. The zero-order valence-corrected chi connectivity index (χ0v) is 13.4. The maximum atomic E-state index is 11.8. The van der Waals surface area contributed by atoms with Crippen molar-refractivity contribution in [1.29, 1.82) is 0 Å². The molecule has 2 atom stereocenters. The highest BCUT2D eigenvalue weighted by molar-refractivity contribution is 7.86. The lowest BCUT2D eigenvalue weighted by Crippen LogP contribution is -2.45. The number of hydrogen-bond donors (Lipinski definition) is 3. The summed E-state index contributed by atoms with van der Waals surface area (Å²) in [6.45, 7) is 5.72. The summed E-state index contributed by atoms with van der Waals surface area (Å²) in [6, 6.07) is 0. The third kappa shape index (κ3) is 6.87. The van der Waals surface area contributed by atoms with Gasteiger partial charge in [-0.2, -0.15) is 8.42 Å². The van der Waals surface area contributed by atoms with Crippen molar-refractivity contribution in [2.24, 2.45) is 5.41 Å². The predicted molar refractivity (Wildman–Crippen MR) is 75.1 cm³/mol. The number of rotatable bonds is 9. The first-order valence-corrected chi connectivity index (χ1v) is 8.04. The quantitative estimate of drug-likeness (QED) is 0.392. The van der Waals surface area contributed by atoms with Crippen LogP contribution >= 0.6 is 0 Å². The Morgan fingerprint density at radius 1 is 1.33 bits per heavy atom. The van der Waals surface area contributed by atoms with E-state index in [2.05, 4.69) is 5.32 Å². The fourth-order valence-electron chi connectivity index (χ4n) is 1.45. The van der Waals surface area contributed by atoms with Crippen molar-refractivity contribution in [2.45, 2.75) is 46.3 Å². The Morgan fingerprint density at radius 2 is 1.86 bits per heavy atom. The van der Waals surface area contributed by atoms with E-state index in [-0.39, 0.29) is 24.6 Å². The molecule has 9 heteroatoms. The van der Waals surface area contributed by atoms with Gasteiger partial charge in [0.15, 0.2) is 6.10 Å². The van der Waals surface area contributed by atoms with Gasteiger partial charge in [0.2, 0.25) is 5.91 Å². The summed E-state index contributed by atoms with van der Waals surface area (Å²) in [7, 11) is -3.88. The van der Waals surface area contributed by atoms with Gasteiger partial charge in [-0.05, 0) is 13.3 Å². The molecule has 0 aliphatic rings. The van der Waals surface area contributed by atoms with E-state index < -0.39 is 33.7 Å². The molecule has 0 heterocycles. The van der Waals surface area contributed by atoms with Gasteiger partial charge in [0, 0.05) is 18.9 Å². The summed E-state index contributed by atoms with van der Waals surface area (Å²) < 4.78 is 28.4. The van der Waals surface area contributed by atoms with Crippen LogP contribution < -0.4 is 5.32 Å². The van der Waals surface area contributed by atoms with E-state index in [1.807, 2.05) is 0 Å². The number of aliphatic carboxylic acids is 1. The number of carboxylic acids is 1. The van der Waals surface area contributed by atoms with Gasteiger partial charge in [-0.1, -0.05) is 13.8 Å². The number of carboxylic acid groups (broad SMARTS) is 1. The number of carbonyl (C=O) groups excluding carboxylic acids is 1. The molecule has 0 aliphatic heterocycles. The standard InChI is InChI=1S/C12H23NO7S/c1-8(12(3,4)10(15)11(16)17)20-21(18,19)7-5-6-13-9(2)14/h8,10,15H,5-7H2,1-4H3,(H,13,14)(H,16,17)/t8?,10-/m0/s1. The SMILES string of the molecule is CC(=O)NCCCS(=O)(=O)OC(C)C(C)(C)[C@@H](O)C(=O)O. The van der Waals surface area contributed by atoms with Gasteiger partial charge in [0.1, 0.15) is 0 Å². The van der Waals surface area contributed by atoms with Crippen LogP contribution in [0.4, 0.5) is 0 Å². The zero-order valence-electron chi connectivity index (χ0n) is 12.6. The molecule has 0 aliphatic carbocycles. The maximum Gasteiger partial charge on any atom is 0.333 e. The van der Waals surface area contributed by atoms with E-state index in [0.717, 1.165) is 0 Å². The Hall–Kier alpha value is -1.19. The minimum Gasteiger partial charge on any atom is -0.479 e. The molecule has 0 aromatic carbocycles. The summed E-state index contributed by atoms with van der Waals surface area (Å²) >= 11 is 0. The lowest BCUT2D eigenvalue weighted by molar-refractivity contribution is -0.157. The Morgan fingerprint density at radius 3 is 2.29 bits per heavy atom. The number of aliphatic hydroxyl groups excluding tert-OH is 1. The van der Waals surface area contributed by atoms with Crippen LogP contribution in [-0.4, -0.2) is 55.0 Å². The minimum absolute atomic E-state index is 0.177. The molecule has 0 rings (SSSR count). The average Bonchev–Trinajstić information content (AvgIpc) is 2.32. The van der Waals surface area contributed by atoms with Crippen molar-refractivity contribution < 1.29 is 32.4 Å². The van der Waals surface area contributed by atoms with Crippen LogP contribution in [0.2, 0.25) is 0 Å². The number of amides is 1. The van der Waals surface area contributed by atoms with Crippen molar-refractivity contribution in [3.63, 3.8) is 0 Å². The molecule has 1 unspecified atom stereocenters. The van der Waals surface area contributed by atoms with Crippen molar-refractivity contribution >= 4 is 22.0 Å². The molecule has 0 fully saturated rings. The topological polar surface area (TPSA) is 130 Å². The lowest BCUT2D eigenvalue weighted by Gasteiger charge is -2.33. The zero-order chi connectivity index (χ0) is 16.8. The minimum atomic E-state index is -3.88. The van der Waals surface area contributed by atoms with E-state index in [1.165, 1.54) is 27.7 Å². The van der Waals surface area contributed by atoms with Gasteiger partial charge >= 0.3 is 5.97 Å². The Balaban J connectivity index is 4.57. The second kappa shape index (κ2) is 7.71. The molecule has 3 N–H and O–H groups in total. The molecule has 0 radical (unpaired) electrons. The summed E-state index contributed by atoms with van der Waals surface area (Å²) in [6.07, 6.45) is -2.59. The number of carbonyl (C=O) groups is 2. The first-order valence-electron chi connectivity index (χ1n) is 6.46. The Bertz CT molecular complexity index is 472. The average molecular weight is 325 g/mol. The molecule has 0 aromatic heterocycles. The third-order valence-electron chi connectivity index (χ3n) is 3.22. The molecule has 124 valence electrons. The molecule has 1 amide bonds. The molecule has 0 bridgehead atoms. The molecule has 0 spiro atoms. The van der Waals surface area contributed by atoms with Crippen molar-refractivity contribution in [3.05, 3.63) is 0 Å². The van der Waals surface area contributed by atoms with Crippen LogP contribution in [0, 0.1) is 5.41 Å². The molecule has 0 saturated heterocycles. The monoisotopic (exact) mass is 325 g/mol. The van der Waals surface area contributed by atoms with Crippen molar-refractivity contribution in [1.82, 2.24) is 5.32 Å². The predicted octanol–water partition coefficient (Wildman–Crippen LogP) is -0.281. The summed E-state index contributed by atoms with van der Waals surface area (Å²) in [4.78, 5) is 21.4. The normalized spacial score (nSPS) is 15.3. The summed E-state index contributed by atoms with van der Waals surface area (Å²) in [5.41, 5.74) is -1.28. The molecular weight excluding hydrogens is 302 g/mol. The second-order valence-corrected chi connectivity index (χ2v) is 7.11. The smallest absolute Gasteiger partial charge is 0.333 e. The highest BCUT2D eigenvalue weighted by Crippen LogP contribution is 2.29. The van der Waals surface area contributed by atoms with Crippen molar-refractivity contribution in [2.75, 3.05) is 12.3 Å². The second-order valence-electron chi connectivity index (χ2n) is 5.40. The van der Waals surface area contributed by atoms with Crippen LogP contribution in [0.15, 0.2) is 0 Å². The van der Waals surface area contributed by atoms with E-state index in [1.54, 1.807) is 0 Å². The maximum absolute atomic E-state index is 11.8. The van der Waals surface area contributed by atoms with Gasteiger partial charge in [0.25, 0.3) is 10.1 Å². The van der Waals surface area contributed by atoms with Crippen LogP contribution in [0.3, 0.4) is 0 Å². The van der Waals surface area contributed by atoms with Crippen molar-refractivity contribution in [3.8, 4) is 0 Å². The fraction of sp³-hybridized carbons (Fsp3) is 0.833. The molecule has 0 saturated carbocycles. The first-order chi connectivity index (χ1) is 9.40. The van der Waals surface area contributed by atoms with Crippen LogP contribution in [0.25, 0.3) is 0 Å². The Labute approximate surface area is 124 Å².